The lowest BCUT2D eigenvalue weighted by Gasteiger charge is -2.37. The number of allylic oxidation sites excluding steroid dienone is 4. The van der Waals surface area contributed by atoms with Crippen molar-refractivity contribution in [3.05, 3.63) is 69.9 Å². The van der Waals surface area contributed by atoms with Crippen LogP contribution in [0.15, 0.2) is 58.0 Å². The number of likely N-dealkylation sites (tertiary alicyclic amines) is 1. The van der Waals surface area contributed by atoms with Gasteiger partial charge in [-0.15, -0.1) is 12.8 Å². The van der Waals surface area contributed by atoms with Crippen molar-refractivity contribution in [2.24, 2.45) is 57.1 Å². The van der Waals surface area contributed by atoms with E-state index in [1.807, 2.05) is 33.8 Å². The zero-order valence-corrected chi connectivity index (χ0v) is 45.2. The number of hydrogen-bond acceptors (Lipinski definition) is 16. The number of nitrogens with two attached hydrogens (primary N) is 2. The Bertz CT molecular complexity index is 2680. The van der Waals surface area contributed by atoms with Crippen LogP contribution in [0, 0.1) is 55.3 Å². The number of rotatable bonds is 9. The first-order valence-electron chi connectivity index (χ1n) is 26.3. The van der Waals surface area contributed by atoms with Crippen LogP contribution in [0.1, 0.15) is 129 Å². The van der Waals surface area contributed by atoms with Crippen molar-refractivity contribution in [1.29, 1.82) is 0 Å². The summed E-state index contributed by atoms with van der Waals surface area (Å²) in [7, 11) is 1.50. The van der Waals surface area contributed by atoms with E-state index in [1.54, 1.807) is 38.3 Å². The van der Waals surface area contributed by atoms with Crippen LogP contribution >= 0.6 is 0 Å². The second kappa shape index (κ2) is 24.2. The average Bonchev–Trinajstić information content (AvgIpc) is 3.86. The molecule has 0 aromatic heterocycles. The number of Topliss-reactive ketones (excluding diaryl/α,β-unsaturated/α-hetero) is 1. The van der Waals surface area contributed by atoms with E-state index in [-0.39, 0.29) is 68.2 Å². The number of methoxy groups -OCH3 is 1. The molecular formula is C57H81N7O10. The van der Waals surface area contributed by atoms with E-state index in [9.17, 15) is 29.7 Å². The van der Waals surface area contributed by atoms with Crippen molar-refractivity contribution >= 4 is 34.1 Å². The van der Waals surface area contributed by atoms with Crippen LogP contribution in [-0.4, -0.2) is 106 Å². The molecule has 17 nitrogen and oxygen atoms in total. The molecule has 8 rings (SSSR count). The van der Waals surface area contributed by atoms with Gasteiger partial charge < -0.3 is 55.2 Å². The molecule has 2 aromatic carbocycles. The molecule has 1 amide bonds. The summed E-state index contributed by atoms with van der Waals surface area (Å²) in [6.07, 6.45) is 23.4. The fraction of sp³-hybridized carbons (Fsp3) is 0.596. The summed E-state index contributed by atoms with van der Waals surface area (Å²) in [5.41, 5.74) is 6.52. The van der Waals surface area contributed by atoms with Crippen molar-refractivity contribution in [3.63, 3.8) is 0 Å². The highest BCUT2D eigenvalue weighted by Crippen LogP contribution is 2.50. The maximum Gasteiger partial charge on any atom is 0.327 e. The van der Waals surface area contributed by atoms with Crippen molar-refractivity contribution < 1.29 is 48.7 Å². The summed E-state index contributed by atoms with van der Waals surface area (Å²) in [4.78, 5) is 55.5. The van der Waals surface area contributed by atoms with Crippen LogP contribution in [0.5, 0.6) is 17.2 Å². The summed E-state index contributed by atoms with van der Waals surface area (Å²) in [6.45, 7) is 18.7. The number of aromatic hydroxyl groups is 2. The number of terminal acetylenes is 1. The maximum absolute atomic E-state index is 14.9. The van der Waals surface area contributed by atoms with Gasteiger partial charge in [0.05, 0.1) is 34.8 Å². The number of phenols is 2. The third-order valence-electron chi connectivity index (χ3n) is 15.5. The molecule has 1 saturated carbocycles. The fourth-order valence-electron chi connectivity index (χ4n) is 11.4. The number of aliphatic hydroxyl groups excluding tert-OH is 1. The number of nitrogens with one attached hydrogen (secondary N) is 1. The van der Waals surface area contributed by atoms with Crippen molar-refractivity contribution in [2.45, 2.75) is 150 Å². The number of benzene rings is 2. The highest BCUT2D eigenvalue weighted by molar-refractivity contribution is 6.19. The first kappa shape index (κ1) is 57.4. The van der Waals surface area contributed by atoms with Gasteiger partial charge >= 0.3 is 11.8 Å². The fourth-order valence-corrected chi connectivity index (χ4v) is 11.4. The van der Waals surface area contributed by atoms with Gasteiger partial charge in [-0.05, 0) is 56.4 Å². The smallest absolute Gasteiger partial charge is 0.327 e. The Morgan fingerprint density at radius 3 is 2.32 bits per heavy atom. The number of esters is 1. The summed E-state index contributed by atoms with van der Waals surface area (Å²) in [6, 6.07) is 0. The van der Waals surface area contributed by atoms with E-state index in [1.165, 1.54) is 44.6 Å². The van der Waals surface area contributed by atoms with Gasteiger partial charge in [0.25, 0.3) is 11.7 Å². The van der Waals surface area contributed by atoms with E-state index >= 15 is 0 Å². The zero-order chi connectivity index (χ0) is 54.4. The first-order valence-corrected chi connectivity index (χ1v) is 26.3. The molecule has 8 N–H and O–H groups in total. The normalized spacial score (nSPS) is 29.4. The Kier molecular flexibility index (Phi) is 18.7. The first-order chi connectivity index (χ1) is 35.1. The number of phenolic OH excluding ortho intramolecular Hbond substituents is 2. The van der Waals surface area contributed by atoms with Gasteiger partial charge in [0.1, 0.15) is 35.2 Å². The molecule has 17 heteroatoms. The van der Waals surface area contributed by atoms with Crippen LogP contribution in [-0.2, 0) is 23.8 Å². The van der Waals surface area contributed by atoms with E-state index in [0.717, 1.165) is 19.4 Å². The van der Waals surface area contributed by atoms with Crippen LogP contribution in [0.4, 0.5) is 5.69 Å². The van der Waals surface area contributed by atoms with E-state index < -0.39 is 65.0 Å². The van der Waals surface area contributed by atoms with Gasteiger partial charge in [0.2, 0.25) is 0 Å². The predicted octanol–water partition coefficient (Wildman–Crippen LogP) is 6.95. The molecule has 404 valence electrons. The van der Waals surface area contributed by atoms with Crippen molar-refractivity contribution in [1.82, 2.24) is 9.91 Å². The number of nitrogens with zero attached hydrogens (tertiary/aromatic N) is 4. The minimum Gasteiger partial charge on any atom is -0.507 e. The largest absolute Gasteiger partial charge is 0.507 e. The Hall–Kier alpha value is -5.93. The second-order valence-electron chi connectivity index (χ2n) is 21.9. The third kappa shape index (κ3) is 12.4. The molecule has 5 aliphatic heterocycles. The molecule has 6 aliphatic rings. The molecule has 5 heterocycles. The maximum atomic E-state index is 14.9. The quantitative estimate of drug-likeness (QED) is 0.0490. The topological polar surface area (TPSA) is 244 Å². The van der Waals surface area contributed by atoms with Gasteiger partial charge in [0.15, 0.2) is 11.4 Å². The summed E-state index contributed by atoms with van der Waals surface area (Å²) >= 11 is 0. The standard InChI is InChI=1S/C55H79N7O10.C2H2/c1-30(2)27-61-22-20-55(21-23-61)59-44-41-42-48(65)36(8)51-43(41)52(67)54(9,72-51)70-24-19-39(69-10)34(6)50(71-40(63)29-62(57)28-38(56)26-37-17-12-11-13-18-37)35(7)47(64)33(5)25-31(3)15-14-16-32(4)53(68)58-46(49(42)66)45(44)60-55;1-2/h14-16,19,24,28,30-31,33-35,37,39,47,50,64-66H,11-13,17-18,20-23,25-27,29,56-57H2,1-10H3,(H,58,68);1-2H/b15-14+,24-19+,32-16-,38-28-;/t31?,33-,34-,35-,39+,47?,50?,54?;/m1./s1. The molecule has 5 bridgehead atoms. The number of aliphatic hydroxyl groups is 1. The number of amides is 1. The van der Waals surface area contributed by atoms with Gasteiger partial charge in [-0.3, -0.25) is 24.4 Å². The predicted molar refractivity (Wildman–Crippen MR) is 285 cm³/mol. The highest BCUT2D eigenvalue weighted by Gasteiger charge is 2.50. The molecule has 1 saturated heterocycles. The van der Waals surface area contributed by atoms with Crippen LogP contribution in [0.25, 0.3) is 10.8 Å². The molecule has 2 fully saturated rings. The minimum atomic E-state index is -1.97. The number of anilines is 1. The van der Waals surface area contributed by atoms with Crippen molar-refractivity contribution in [3.8, 4) is 30.1 Å². The molecule has 1 aliphatic carbocycles. The Labute approximate surface area is 436 Å². The van der Waals surface area contributed by atoms with Gasteiger partial charge in [0, 0.05) is 86.8 Å². The lowest BCUT2D eigenvalue weighted by Crippen LogP contribution is -2.46. The molecule has 0 radical (unpaired) electrons. The number of ether oxygens (including phenoxy) is 4. The monoisotopic (exact) mass is 1020 g/mol. The number of carbonyl (C=O) groups is 3. The lowest BCUT2D eigenvalue weighted by atomic mass is 9.79. The van der Waals surface area contributed by atoms with Gasteiger partial charge in [-0.1, -0.05) is 91.9 Å². The van der Waals surface area contributed by atoms with E-state index in [2.05, 4.69) is 36.9 Å². The molecule has 2 aromatic rings. The van der Waals surface area contributed by atoms with E-state index in [4.69, 9.17) is 40.5 Å². The number of hydrazine groups is 1. The Morgan fingerprint density at radius 2 is 1.68 bits per heavy atom. The third-order valence-corrected chi connectivity index (χ3v) is 15.5. The summed E-state index contributed by atoms with van der Waals surface area (Å²) in [5.74, 6) is 1.25. The van der Waals surface area contributed by atoms with Gasteiger partial charge in [-0.25, -0.2) is 5.84 Å². The Morgan fingerprint density at radius 1 is 1.01 bits per heavy atom. The number of fused-ring (bicyclic) bond motifs is 13. The van der Waals surface area contributed by atoms with Crippen molar-refractivity contribution in [2.75, 3.05) is 38.6 Å². The number of ketones is 1. The lowest BCUT2D eigenvalue weighted by molar-refractivity contribution is -0.162. The minimum absolute atomic E-state index is 0.0253. The number of carbonyl (C=O) groups excluding carboxylic acids is 3. The average molecular weight is 1020 g/mol. The van der Waals surface area contributed by atoms with Crippen LogP contribution in [0.3, 0.4) is 0 Å². The second-order valence-corrected chi connectivity index (χ2v) is 21.9. The van der Waals surface area contributed by atoms with Gasteiger partial charge in [-0.2, -0.15) is 0 Å². The highest BCUT2D eigenvalue weighted by atomic mass is 16.7. The Balaban J connectivity index is 0.00000440. The number of hydrogen-bond donors (Lipinski definition) is 6. The zero-order valence-electron chi connectivity index (χ0n) is 45.2. The molecule has 1 spiro atoms. The summed E-state index contributed by atoms with van der Waals surface area (Å²) < 4.78 is 24.8. The number of piperidine rings is 1. The SMILES string of the molecule is C#C.CO[C@H]1/C=C/OC2(C)Oc3c(C)c(O)c4c(O)c(c5c(c4c3C2=O)=NC2(CCN(CC(C)C)CC2)N=5)NC(=O)/C(C)=C\C=C\C(C)C[C@@H](C)C(O)[C@@H](C)C(OC(=O)CN(N)/C=C(\N)CC2CCCCC2)[C@@H]1C. The summed E-state index contributed by atoms with van der Waals surface area (Å²) in [5, 5.41) is 40.8. The van der Waals surface area contributed by atoms with Crippen LogP contribution < -0.4 is 32.3 Å². The molecule has 8 atom stereocenters. The van der Waals surface area contributed by atoms with Crippen LogP contribution in [0.2, 0.25) is 0 Å². The van der Waals surface area contributed by atoms with E-state index in [0.29, 0.717) is 61.9 Å². The molecule has 4 unspecified atom stereocenters. The molecule has 74 heavy (non-hydrogen) atoms. The molecular weight excluding hydrogens is 943 g/mol.